The Labute approximate surface area is 214 Å². The number of methoxy groups -OCH3 is 2. The van der Waals surface area contributed by atoms with Crippen molar-refractivity contribution in [1.29, 1.82) is 0 Å². The maximum absolute atomic E-state index is 13.0. The zero-order chi connectivity index (χ0) is 25.5. The van der Waals surface area contributed by atoms with E-state index in [-0.39, 0.29) is 22.5 Å². The van der Waals surface area contributed by atoms with Crippen molar-refractivity contribution in [1.82, 2.24) is 9.97 Å². The van der Waals surface area contributed by atoms with Crippen molar-refractivity contribution < 1.29 is 22.6 Å². The highest BCUT2D eigenvalue weighted by Gasteiger charge is 2.21. The molecule has 0 saturated heterocycles. The van der Waals surface area contributed by atoms with Crippen LogP contribution in [0.25, 0.3) is 17.5 Å². The van der Waals surface area contributed by atoms with E-state index in [0.29, 0.717) is 28.4 Å². The molecule has 3 aromatic carbocycles. The molecule has 36 heavy (non-hydrogen) atoms. The number of hydrogen-bond donors (Lipinski definition) is 1. The third-order valence-corrected chi connectivity index (χ3v) is 6.14. The number of halogens is 1. The van der Waals surface area contributed by atoms with Crippen LogP contribution in [0.3, 0.4) is 0 Å². The first-order chi connectivity index (χ1) is 17.4. The molecule has 4 rings (SSSR count). The maximum Gasteiger partial charge on any atom is 0.256 e. The molecule has 0 saturated carbocycles. The molecule has 0 aliphatic carbocycles. The van der Waals surface area contributed by atoms with Gasteiger partial charge in [0, 0.05) is 5.56 Å². The van der Waals surface area contributed by atoms with Gasteiger partial charge in [0.05, 0.1) is 19.6 Å². The zero-order valence-corrected chi connectivity index (χ0v) is 21.0. The third-order valence-electron chi connectivity index (χ3n) is 4.91. The summed E-state index contributed by atoms with van der Waals surface area (Å²) < 4.78 is 44.9. The molecular formula is C26H22ClN3O5S. The molecule has 0 aliphatic heterocycles. The van der Waals surface area contributed by atoms with Gasteiger partial charge in [0.15, 0.2) is 28.3 Å². The second-order valence-electron chi connectivity index (χ2n) is 7.36. The Bertz CT molecular complexity index is 1490. The van der Waals surface area contributed by atoms with E-state index in [1.165, 1.54) is 20.3 Å². The average Bonchev–Trinajstić information content (AvgIpc) is 2.90. The SMILES string of the molecule is COc1cccc(-c2nc(Cl)c(Oc3ccccc3OC)c(NS(=O)(=O)C=Cc3ccccc3)n2)c1. The Kier molecular flexibility index (Phi) is 7.72. The minimum absolute atomic E-state index is 0.0792. The van der Waals surface area contributed by atoms with Gasteiger partial charge in [0.1, 0.15) is 5.75 Å². The predicted molar refractivity (Wildman–Crippen MR) is 140 cm³/mol. The van der Waals surface area contributed by atoms with Crippen molar-refractivity contribution in [3.63, 3.8) is 0 Å². The van der Waals surface area contributed by atoms with Crippen LogP contribution < -0.4 is 18.9 Å². The van der Waals surface area contributed by atoms with Crippen LogP contribution in [-0.4, -0.2) is 32.6 Å². The summed E-state index contributed by atoms with van der Waals surface area (Å²) in [6.07, 6.45) is 1.47. The summed E-state index contributed by atoms with van der Waals surface area (Å²) in [5.41, 5.74) is 1.28. The second-order valence-corrected chi connectivity index (χ2v) is 9.29. The largest absolute Gasteiger partial charge is 0.497 e. The number of nitrogens with zero attached hydrogens (tertiary/aromatic N) is 2. The normalized spacial score (nSPS) is 11.3. The van der Waals surface area contributed by atoms with Crippen LogP contribution in [0.2, 0.25) is 5.15 Å². The van der Waals surface area contributed by atoms with E-state index in [9.17, 15) is 8.42 Å². The Morgan fingerprint density at radius 1 is 0.861 bits per heavy atom. The van der Waals surface area contributed by atoms with Crippen molar-refractivity contribution in [3.05, 3.63) is 95.0 Å². The molecule has 0 aliphatic rings. The molecule has 184 valence electrons. The monoisotopic (exact) mass is 523 g/mol. The van der Waals surface area contributed by atoms with Crippen LogP contribution in [0.1, 0.15) is 5.56 Å². The lowest BCUT2D eigenvalue weighted by Crippen LogP contribution is -2.12. The highest BCUT2D eigenvalue weighted by atomic mass is 35.5. The number of sulfonamides is 1. The number of rotatable bonds is 9. The van der Waals surface area contributed by atoms with E-state index in [2.05, 4.69) is 14.7 Å². The summed E-state index contributed by atoms with van der Waals surface area (Å²) in [6, 6.07) is 22.9. The van der Waals surface area contributed by atoms with E-state index >= 15 is 0 Å². The smallest absolute Gasteiger partial charge is 0.256 e. The van der Waals surface area contributed by atoms with Gasteiger partial charge in [-0.3, -0.25) is 4.72 Å². The van der Waals surface area contributed by atoms with E-state index in [0.717, 1.165) is 5.41 Å². The molecule has 1 aromatic heterocycles. The number of nitrogens with one attached hydrogen (secondary N) is 1. The fraction of sp³-hybridized carbons (Fsp3) is 0.0769. The van der Waals surface area contributed by atoms with E-state index in [1.54, 1.807) is 60.7 Å². The highest BCUT2D eigenvalue weighted by Crippen LogP contribution is 2.40. The molecule has 0 bridgehead atoms. The molecule has 0 fully saturated rings. The van der Waals surface area contributed by atoms with Gasteiger partial charge >= 0.3 is 0 Å². The van der Waals surface area contributed by atoms with Crippen LogP contribution >= 0.6 is 11.6 Å². The molecule has 8 nitrogen and oxygen atoms in total. The Hall–Kier alpha value is -4.08. The molecule has 1 N–H and O–H groups in total. The summed E-state index contributed by atoms with van der Waals surface area (Å²) in [7, 11) is -0.980. The van der Waals surface area contributed by atoms with E-state index < -0.39 is 10.0 Å². The van der Waals surface area contributed by atoms with Crippen LogP contribution in [0.15, 0.2) is 84.3 Å². The van der Waals surface area contributed by atoms with Crippen molar-refractivity contribution in [2.45, 2.75) is 0 Å². The fourth-order valence-corrected chi connectivity index (χ4v) is 4.21. The highest BCUT2D eigenvalue weighted by molar-refractivity contribution is 7.95. The molecule has 0 unspecified atom stereocenters. The topological polar surface area (TPSA) is 99.6 Å². The first-order valence-corrected chi connectivity index (χ1v) is 12.6. The number of anilines is 1. The van der Waals surface area contributed by atoms with Crippen molar-refractivity contribution >= 4 is 33.5 Å². The molecule has 10 heteroatoms. The summed E-state index contributed by atoms with van der Waals surface area (Å²) in [6.45, 7) is 0. The van der Waals surface area contributed by atoms with Crippen LogP contribution in [0, 0.1) is 0 Å². The quantitative estimate of drug-likeness (QED) is 0.268. The van der Waals surface area contributed by atoms with Crippen molar-refractivity contribution in [2.24, 2.45) is 0 Å². The first kappa shape index (κ1) is 25.0. The molecule has 0 spiro atoms. The van der Waals surface area contributed by atoms with E-state index in [4.69, 9.17) is 25.8 Å². The molecule has 0 atom stereocenters. The number of hydrogen-bond acceptors (Lipinski definition) is 7. The first-order valence-electron chi connectivity index (χ1n) is 10.7. The van der Waals surface area contributed by atoms with E-state index in [1.807, 2.05) is 18.2 Å². The second kappa shape index (κ2) is 11.1. The summed E-state index contributed by atoms with van der Waals surface area (Å²) in [5, 5.41) is 0.939. The zero-order valence-electron chi connectivity index (χ0n) is 19.4. The average molecular weight is 524 g/mol. The van der Waals surface area contributed by atoms with Gasteiger partial charge in [0.25, 0.3) is 10.0 Å². The maximum atomic E-state index is 13.0. The van der Waals surface area contributed by atoms with Gasteiger partial charge < -0.3 is 14.2 Å². The molecule has 1 heterocycles. The standard InChI is InChI=1S/C26H22ClN3O5S/c1-33-20-12-8-11-19(17-20)25-28-24(27)23(35-22-14-7-6-13-21(22)34-2)26(29-25)30-36(31,32)16-15-18-9-4-3-5-10-18/h3-17H,1-2H3,(H,28,29,30). The lowest BCUT2D eigenvalue weighted by molar-refractivity contribution is 0.378. The molecule has 0 amide bonds. The van der Waals surface area contributed by atoms with Crippen molar-refractivity contribution in [3.8, 4) is 34.4 Å². The molecule has 4 aromatic rings. The Morgan fingerprint density at radius 2 is 1.58 bits per heavy atom. The van der Waals surface area contributed by atoms with Crippen molar-refractivity contribution in [2.75, 3.05) is 18.9 Å². The predicted octanol–water partition coefficient (Wildman–Crippen LogP) is 6.02. The Morgan fingerprint density at radius 3 is 2.31 bits per heavy atom. The minimum atomic E-state index is -4.01. The van der Waals surface area contributed by atoms with Crippen LogP contribution in [0.5, 0.6) is 23.0 Å². The molecule has 0 radical (unpaired) electrons. The summed E-state index contributed by atoms with van der Waals surface area (Å²) in [4.78, 5) is 8.76. The lowest BCUT2D eigenvalue weighted by Gasteiger charge is -2.15. The van der Waals surface area contributed by atoms with Gasteiger partial charge in [-0.15, -0.1) is 0 Å². The number of para-hydroxylation sites is 2. The van der Waals surface area contributed by atoms with Gasteiger partial charge in [0.2, 0.25) is 5.75 Å². The van der Waals surface area contributed by atoms with Crippen LogP contribution in [-0.2, 0) is 10.0 Å². The third kappa shape index (κ3) is 6.12. The summed E-state index contributed by atoms with van der Waals surface area (Å²) in [5.74, 6) is 1.26. The number of aromatic nitrogens is 2. The van der Waals surface area contributed by atoms with Gasteiger partial charge in [-0.1, -0.05) is 66.2 Å². The Balaban J connectivity index is 1.78. The number of ether oxygens (including phenoxy) is 3. The minimum Gasteiger partial charge on any atom is -0.497 e. The van der Waals surface area contributed by atoms with Gasteiger partial charge in [-0.05, 0) is 35.9 Å². The van der Waals surface area contributed by atoms with Gasteiger partial charge in [-0.2, -0.15) is 0 Å². The molecular weight excluding hydrogens is 502 g/mol. The fourth-order valence-electron chi connectivity index (χ4n) is 3.19. The lowest BCUT2D eigenvalue weighted by atomic mass is 10.2. The van der Waals surface area contributed by atoms with Crippen LogP contribution in [0.4, 0.5) is 5.82 Å². The summed E-state index contributed by atoms with van der Waals surface area (Å²) >= 11 is 6.50. The van der Waals surface area contributed by atoms with Gasteiger partial charge in [-0.25, -0.2) is 18.4 Å². The number of benzene rings is 3.